The largest absolute Gasteiger partial charge is 0.480 e. The van der Waals surface area contributed by atoms with E-state index in [1.807, 2.05) is 44.2 Å². The number of carboxylic acids is 1. The summed E-state index contributed by atoms with van der Waals surface area (Å²) in [4.78, 5) is 11.1. The minimum absolute atomic E-state index is 0.290. The van der Waals surface area contributed by atoms with Crippen LogP contribution in [0.1, 0.15) is 20.3 Å². The molecule has 3 N–H and O–H groups in total. The molecule has 1 unspecified atom stereocenters. The molecule has 0 saturated carbocycles. The monoisotopic (exact) mass is 266 g/mol. The fraction of sp³-hybridized carbons (Fsp3) is 0.385. The molecular formula is C13H18N2O2S. The van der Waals surface area contributed by atoms with Gasteiger partial charge >= 0.3 is 5.97 Å². The summed E-state index contributed by atoms with van der Waals surface area (Å²) in [6.07, 6.45) is 0.534. The third-order valence-electron chi connectivity index (χ3n) is 2.34. The number of benzene rings is 1. The molecule has 0 bridgehead atoms. The first kappa shape index (κ1) is 14.4. The van der Waals surface area contributed by atoms with Crippen molar-refractivity contribution in [3.8, 4) is 0 Å². The van der Waals surface area contributed by atoms with Crippen LogP contribution in [0.2, 0.25) is 0 Å². The van der Waals surface area contributed by atoms with Crippen LogP contribution in [-0.4, -0.2) is 22.2 Å². The molecule has 0 aliphatic heterocycles. The molecule has 0 aliphatic rings. The van der Waals surface area contributed by atoms with E-state index in [0.29, 0.717) is 11.5 Å². The highest BCUT2D eigenvalue weighted by Gasteiger charge is 2.19. The van der Waals surface area contributed by atoms with E-state index in [1.54, 1.807) is 0 Å². The normalized spacial score (nSPS) is 11.9. The second kappa shape index (κ2) is 6.96. The maximum atomic E-state index is 11.1. The molecule has 0 saturated heterocycles. The van der Waals surface area contributed by atoms with Crippen LogP contribution in [0.5, 0.6) is 0 Å². The summed E-state index contributed by atoms with van der Waals surface area (Å²) in [6.45, 7) is 3.95. The van der Waals surface area contributed by atoms with Gasteiger partial charge in [-0.25, -0.2) is 4.79 Å². The second-order valence-corrected chi connectivity index (χ2v) is 4.89. The molecule has 0 amide bonds. The van der Waals surface area contributed by atoms with Crippen molar-refractivity contribution in [2.45, 2.75) is 26.3 Å². The predicted octanol–water partition coefficient (Wildman–Crippen LogP) is 2.47. The van der Waals surface area contributed by atoms with Gasteiger partial charge < -0.3 is 15.7 Å². The number of rotatable bonds is 5. The molecule has 0 radical (unpaired) electrons. The molecule has 0 fully saturated rings. The van der Waals surface area contributed by atoms with E-state index in [2.05, 4.69) is 10.6 Å². The molecule has 1 aromatic rings. The van der Waals surface area contributed by atoms with Gasteiger partial charge in [0.25, 0.3) is 0 Å². The van der Waals surface area contributed by atoms with Crippen molar-refractivity contribution in [1.82, 2.24) is 5.32 Å². The van der Waals surface area contributed by atoms with Crippen molar-refractivity contribution >= 4 is 29.0 Å². The maximum Gasteiger partial charge on any atom is 0.326 e. The Morgan fingerprint density at radius 3 is 2.44 bits per heavy atom. The second-order valence-electron chi connectivity index (χ2n) is 4.48. The third kappa shape index (κ3) is 5.14. The molecule has 1 aromatic carbocycles. The highest BCUT2D eigenvalue weighted by Crippen LogP contribution is 2.07. The highest BCUT2D eigenvalue weighted by molar-refractivity contribution is 7.80. The average Bonchev–Trinajstić information content (AvgIpc) is 2.28. The van der Waals surface area contributed by atoms with Crippen LogP contribution in [0, 0.1) is 5.92 Å². The van der Waals surface area contributed by atoms with Crippen LogP contribution in [0.3, 0.4) is 0 Å². The lowest BCUT2D eigenvalue weighted by molar-refractivity contribution is -0.139. The quantitative estimate of drug-likeness (QED) is 0.715. The SMILES string of the molecule is CC(C)CC(NC(=S)Nc1ccccc1)C(=O)O. The van der Waals surface area contributed by atoms with E-state index < -0.39 is 12.0 Å². The van der Waals surface area contributed by atoms with Crippen LogP contribution in [-0.2, 0) is 4.79 Å². The first-order chi connectivity index (χ1) is 8.49. The number of carbonyl (C=O) groups is 1. The van der Waals surface area contributed by atoms with Gasteiger partial charge in [0.05, 0.1) is 0 Å². The number of thiocarbonyl (C=S) groups is 1. The molecule has 0 heterocycles. The number of para-hydroxylation sites is 1. The van der Waals surface area contributed by atoms with E-state index in [0.717, 1.165) is 5.69 Å². The van der Waals surface area contributed by atoms with Crippen LogP contribution in [0.4, 0.5) is 5.69 Å². The first-order valence-corrected chi connectivity index (χ1v) is 6.25. The van der Waals surface area contributed by atoms with Gasteiger partial charge in [-0.3, -0.25) is 0 Å². The Bertz CT molecular complexity index is 407. The molecule has 1 atom stereocenters. The molecule has 0 aromatic heterocycles. The maximum absolute atomic E-state index is 11.1. The van der Waals surface area contributed by atoms with Crippen molar-refractivity contribution < 1.29 is 9.90 Å². The number of hydrogen-bond acceptors (Lipinski definition) is 2. The topological polar surface area (TPSA) is 61.4 Å². The zero-order valence-electron chi connectivity index (χ0n) is 10.5. The Kier molecular flexibility index (Phi) is 5.58. The van der Waals surface area contributed by atoms with Gasteiger partial charge in [-0.15, -0.1) is 0 Å². The van der Waals surface area contributed by atoms with Gasteiger partial charge in [-0.05, 0) is 36.7 Å². The average molecular weight is 266 g/mol. The fourth-order valence-corrected chi connectivity index (χ4v) is 1.80. The molecule has 4 nitrogen and oxygen atoms in total. The zero-order chi connectivity index (χ0) is 13.5. The lowest BCUT2D eigenvalue weighted by atomic mass is 10.0. The molecule has 0 spiro atoms. The van der Waals surface area contributed by atoms with Crippen molar-refractivity contribution in [3.05, 3.63) is 30.3 Å². The van der Waals surface area contributed by atoms with Crippen molar-refractivity contribution in [1.29, 1.82) is 0 Å². The summed E-state index contributed by atoms with van der Waals surface area (Å²) in [5, 5.41) is 15.2. The first-order valence-electron chi connectivity index (χ1n) is 5.84. The number of carboxylic acid groups (broad SMARTS) is 1. The van der Waals surface area contributed by atoms with Gasteiger partial charge in [0.1, 0.15) is 6.04 Å². The lowest BCUT2D eigenvalue weighted by Gasteiger charge is -2.18. The number of hydrogen-bond donors (Lipinski definition) is 3. The van der Waals surface area contributed by atoms with Crippen molar-refractivity contribution in [2.24, 2.45) is 5.92 Å². The Balaban J connectivity index is 2.54. The van der Waals surface area contributed by atoms with Gasteiger partial charge in [0, 0.05) is 5.69 Å². The van der Waals surface area contributed by atoms with E-state index in [4.69, 9.17) is 17.3 Å². The standard InChI is InChI=1S/C13H18N2O2S/c1-9(2)8-11(12(16)17)15-13(18)14-10-6-4-3-5-7-10/h3-7,9,11H,8H2,1-2H3,(H,16,17)(H2,14,15,18). The van der Waals surface area contributed by atoms with E-state index in [9.17, 15) is 4.79 Å². The molecule has 1 rings (SSSR count). The highest BCUT2D eigenvalue weighted by atomic mass is 32.1. The molecular weight excluding hydrogens is 248 g/mol. The predicted molar refractivity (Wildman–Crippen MR) is 76.7 cm³/mol. The van der Waals surface area contributed by atoms with Gasteiger partial charge in [-0.2, -0.15) is 0 Å². The Hall–Kier alpha value is -1.62. The van der Waals surface area contributed by atoms with Crippen LogP contribution in [0.25, 0.3) is 0 Å². The van der Waals surface area contributed by atoms with Gasteiger partial charge in [0.2, 0.25) is 0 Å². The third-order valence-corrected chi connectivity index (χ3v) is 2.56. The van der Waals surface area contributed by atoms with E-state index in [1.165, 1.54) is 0 Å². The summed E-state index contributed by atoms with van der Waals surface area (Å²) in [5.74, 6) is -0.598. The molecule has 98 valence electrons. The number of nitrogens with one attached hydrogen (secondary N) is 2. The van der Waals surface area contributed by atoms with E-state index in [-0.39, 0.29) is 5.92 Å². The van der Waals surface area contributed by atoms with Gasteiger partial charge in [0.15, 0.2) is 5.11 Å². The number of anilines is 1. The summed E-state index contributed by atoms with van der Waals surface area (Å²) in [7, 11) is 0. The Morgan fingerprint density at radius 2 is 1.94 bits per heavy atom. The zero-order valence-corrected chi connectivity index (χ0v) is 11.3. The number of aliphatic carboxylic acids is 1. The molecule has 0 aliphatic carbocycles. The lowest BCUT2D eigenvalue weighted by Crippen LogP contribution is -2.43. The van der Waals surface area contributed by atoms with E-state index >= 15 is 0 Å². The van der Waals surface area contributed by atoms with Crippen LogP contribution < -0.4 is 10.6 Å². The minimum atomic E-state index is -0.888. The Labute approximate surface area is 112 Å². The van der Waals surface area contributed by atoms with Crippen molar-refractivity contribution in [3.63, 3.8) is 0 Å². The summed E-state index contributed by atoms with van der Waals surface area (Å²) >= 11 is 5.10. The van der Waals surface area contributed by atoms with Crippen LogP contribution >= 0.6 is 12.2 Å². The molecule has 18 heavy (non-hydrogen) atoms. The summed E-state index contributed by atoms with van der Waals surface area (Å²) < 4.78 is 0. The van der Waals surface area contributed by atoms with Gasteiger partial charge in [-0.1, -0.05) is 32.0 Å². The van der Waals surface area contributed by atoms with Crippen molar-refractivity contribution in [2.75, 3.05) is 5.32 Å². The fourth-order valence-electron chi connectivity index (χ4n) is 1.54. The smallest absolute Gasteiger partial charge is 0.326 e. The summed E-state index contributed by atoms with van der Waals surface area (Å²) in [6, 6.07) is 8.74. The van der Waals surface area contributed by atoms with Crippen LogP contribution in [0.15, 0.2) is 30.3 Å². The molecule has 5 heteroatoms. The minimum Gasteiger partial charge on any atom is -0.480 e. The summed E-state index contributed by atoms with van der Waals surface area (Å²) in [5.41, 5.74) is 0.837. The Morgan fingerprint density at radius 1 is 1.33 bits per heavy atom.